The van der Waals surface area contributed by atoms with E-state index in [-0.39, 0.29) is 0 Å². The van der Waals surface area contributed by atoms with Crippen LogP contribution in [0.1, 0.15) is 33.0 Å². The lowest BCUT2D eigenvalue weighted by Crippen LogP contribution is -2.39. The molecule has 0 radical (unpaired) electrons. The molecule has 0 fully saturated rings. The first-order valence-corrected chi connectivity index (χ1v) is 5.75. The predicted molar refractivity (Wildman–Crippen MR) is 63.2 cm³/mol. The summed E-state index contributed by atoms with van der Waals surface area (Å²) in [5, 5.41) is 10.0. The summed E-state index contributed by atoms with van der Waals surface area (Å²) in [7, 11) is 1.96. The van der Waals surface area contributed by atoms with E-state index in [4.69, 9.17) is 4.74 Å². The van der Waals surface area contributed by atoms with Crippen LogP contribution in [0.5, 0.6) is 0 Å². The molecule has 16 heavy (non-hydrogen) atoms. The molecule has 0 saturated heterocycles. The summed E-state index contributed by atoms with van der Waals surface area (Å²) in [5.41, 5.74) is -0.486. The van der Waals surface area contributed by atoms with Crippen LogP contribution in [0, 0.1) is 0 Å². The van der Waals surface area contributed by atoms with Crippen LogP contribution in [0.3, 0.4) is 0 Å². The van der Waals surface area contributed by atoms with Gasteiger partial charge in [0.25, 0.3) is 0 Å². The molecule has 1 atom stereocenters. The molecule has 0 aliphatic rings. The van der Waals surface area contributed by atoms with Gasteiger partial charge in [-0.25, -0.2) is 4.98 Å². The molecule has 0 saturated carbocycles. The van der Waals surface area contributed by atoms with E-state index in [9.17, 15) is 5.11 Å². The minimum Gasteiger partial charge on any atom is -0.390 e. The average molecular weight is 226 g/mol. The van der Waals surface area contributed by atoms with Crippen molar-refractivity contribution in [2.24, 2.45) is 7.05 Å². The number of aryl methyl sites for hydroxylation is 2. The van der Waals surface area contributed by atoms with Crippen LogP contribution in [-0.2, 0) is 18.2 Å². The van der Waals surface area contributed by atoms with Crippen molar-refractivity contribution in [3.63, 3.8) is 0 Å². The van der Waals surface area contributed by atoms with Gasteiger partial charge in [0.1, 0.15) is 5.82 Å². The molecule has 0 amide bonds. The molecular weight excluding hydrogens is 204 g/mol. The zero-order chi connectivity index (χ0) is 12.2. The fraction of sp³-hybridized carbons (Fsp3) is 0.750. The summed E-state index contributed by atoms with van der Waals surface area (Å²) in [6.07, 6.45) is 4.65. The Morgan fingerprint density at radius 3 is 2.75 bits per heavy atom. The van der Waals surface area contributed by atoms with Gasteiger partial charge in [0, 0.05) is 32.5 Å². The van der Waals surface area contributed by atoms with E-state index in [1.807, 2.05) is 38.6 Å². The zero-order valence-corrected chi connectivity index (χ0v) is 10.6. The average Bonchev–Trinajstić information content (AvgIpc) is 2.60. The highest BCUT2D eigenvalue weighted by Gasteiger charge is 2.28. The van der Waals surface area contributed by atoms with Gasteiger partial charge >= 0.3 is 0 Å². The topological polar surface area (TPSA) is 47.3 Å². The molecule has 4 nitrogen and oxygen atoms in total. The van der Waals surface area contributed by atoms with Crippen LogP contribution in [0.25, 0.3) is 0 Å². The molecular formula is C12H22N2O2. The van der Waals surface area contributed by atoms with Gasteiger partial charge in [0.05, 0.1) is 11.7 Å². The van der Waals surface area contributed by atoms with E-state index >= 15 is 0 Å². The van der Waals surface area contributed by atoms with Crippen molar-refractivity contribution in [1.29, 1.82) is 0 Å². The van der Waals surface area contributed by atoms with Crippen molar-refractivity contribution in [2.75, 3.05) is 6.61 Å². The minimum absolute atomic E-state index is 0.468. The third-order valence-electron chi connectivity index (χ3n) is 2.88. The molecule has 92 valence electrons. The summed E-state index contributed by atoms with van der Waals surface area (Å²) in [6.45, 7) is 6.39. The fourth-order valence-corrected chi connectivity index (χ4v) is 1.72. The van der Waals surface area contributed by atoms with Crippen LogP contribution in [0.2, 0.25) is 0 Å². The number of aromatic nitrogens is 2. The number of hydrogen-bond acceptors (Lipinski definition) is 3. The van der Waals surface area contributed by atoms with Gasteiger partial charge in [-0.1, -0.05) is 0 Å². The van der Waals surface area contributed by atoms with Gasteiger partial charge in [0.2, 0.25) is 0 Å². The maximum absolute atomic E-state index is 10.0. The Labute approximate surface area is 97.3 Å². The van der Waals surface area contributed by atoms with Crippen LogP contribution in [0.4, 0.5) is 0 Å². The lowest BCUT2D eigenvalue weighted by atomic mass is 9.97. The summed E-state index contributed by atoms with van der Waals surface area (Å²) >= 11 is 0. The number of rotatable bonds is 6. The first-order valence-electron chi connectivity index (χ1n) is 5.75. The van der Waals surface area contributed by atoms with E-state index in [2.05, 4.69) is 4.98 Å². The molecule has 0 aromatic carbocycles. The van der Waals surface area contributed by atoms with Crippen molar-refractivity contribution in [3.05, 3.63) is 18.2 Å². The lowest BCUT2D eigenvalue weighted by molar-refractivity contribution is -0.0985. The smallest absolute Gasteiger partial charge is 0.108 e. The predicted octanol–water partition coefficient (Wildman–Crippen LogP) is 1.53. The summed E-state index contributed by atoms with van der Waals surface area (Å²) < 4.78 is 7.49. The van der Waals surface area contributed by atoms with Crippen molar-refractivity contribution in [1.82, 2.24) is 9.55 Å². The second kappa shape index (κ2) is 5.46. The standard InChI is InChI=1S/C12H22N2O2/c1-5-16-12(2,3)10(15)6-7-11-13-8-9-14(11)4/h8-10,15H,5-7H2,1-4H3. The normalized spacial score (nSPS) is 14.1. The Morgan fingerprint density at radius 1 is 1.56 bits per heavy atom. The largest absolute Gasteiger partial charge is 0.390 e. The number of aliphatic hydroxyl groups is 1. The summed E-state index contributed by atoms with van der Waals surface area (Å²) in [5.74, 6) is 0.992. The number of nitrogens with zero attached hydrogens (tertiary/aromatic N) is 2. The number of imidazole rings is 1. The zero-order valence-electron chi connectivity index (χ0n) is 10.6. The van der Waals surface area contributed by atoms with Crippen LogP contribution < -0.4 is 0 Å². The molecule has 0 bridgehead atoms. The van der Waals surface area contributed by atoms with Gasteiger partial charge in [-0.2, -0.15) is 0 Å². The number of ether oxygens (including phenoxy) is 1. The molecule has 1 aromatic rings. The molecule has 1 N–H and O–H groups in total. The second-order valence-corrected chi connectivity index (χ2v) is 4.55. The lowest BCUT2D eigenvalue weighted by Gasteiger charge is -2.30. The fourth-order valence-electron chi connectivity index (χ4n) is 1.72. The highest BCUT2D eigenvalue weighted by molar-refractivity contribution is 4.93. The SMILES string of the molecule is CCOC(C)(C)C(O)CCc1nccn1C. The van der Waals surface area contributed by atoms with E-state index in [0.717, 1.165) is 12.2 Å². The summed E-state index contributed by atoms with van der Waals surface area (Å²) in [6, 6.07) is 0. The maximum atomic E-state index is 10.0. The summed E-state index contributed by atoms with van der Waals surface area (Å²) in [4.78, 5) is 4.23. The molecule has 0 spiro atoms. The Kier molecular flexibility index (Phi) is 4.50. The van der Waals surface area contributed by atoms with Gasteiger partial charge in [0.15, 0.2) is 0 Å². The van der Waals surface area contributed by atoms with Crippen molar-refractivity contribution < 1.29 is 9.84 Å². The maximum Gasteiger partial charge on any atom is 0.108 e. The van der Waals surface area contributed by atoms with Crippen molar-refractivity contribution >= 4 is 0 Å². The van der Waals surface area contributed by atoms with Crippen LogP contribution in [-0.4, -0.2) is 33.0 Å². The first kappa shape index (κ1) is 13.2. The Bertz CT molecular complexity index is 321. The van der Waals surface area contributed by atoms with Crippen LogP contribution in [0.15, 0.2) is 12.4 Å². The van der Waals surface area contributed by atoms with E-state index in [0.29, 0.717) is 13.0 Å². The minimum atomic E-state index is -0.486. The van der Waals surface area contributed by atoms with E-state index in [1.165, 1.54) is 0 Å². The third kappa shape index (κ3) is 3.32. The number of hydrogen-bond donors (Lipinski definition) is 1. The first-order chi connectivity index (χ1) is 7.47. The van der Waals surface area contributed by atoms with Gasteiger partial charge in [-0.05, 0) is 27.2 Å². The molecule has 1 heterocycles. The molecule has 4 heteroatoms. The highest BCUT2D eigenvalue weighted by atomic mass is 16.5. The highest BCUT2D eigenvalue weighted by Crippen LogP contribution is 2.18. The quantitative estimate of drug-likeness (QED) is 0.800. The Balaban J connectivity index is 2.46. The number of aliphatic hydroxyl groups excluding tert-OH is 1. The van der Waals surface area contributed by atoms with Crippen molar-refractivity contribution in [2.45, 2.75) is 45.3 Å². The molecule has 0 aliphatic carbocycles. The second-order valence-electron chi connectivity index (χ2n) is 4.55. The van der Waals surface area contributed by atoms with Gasteiger partial charge in [-0.15, -0.1) is 0 Å². The molecule has 0 aliphatic heterocycles. The Morgan fingerprint density at radius 2 is 2.25 bits per heavy atom. The van der Waals surface area contributed by atoms with E-state index in [1.54, 1.807) is 6.20 Å². The molecule has 1 unspecified atom stereocenters. The Hall–Kier alpha value is -0.870. The van der Waals surface area contributed by atoms with Crippen molar-refractivity contribution in [3.8, 4) is 0 Å². The molecule has 1 rings (SSSR count). The third-order valence-corrected chi connectivity index (χ3v) is 2.88. The monoisotopic (exact) mass is 226 g/mol. The van der Waals surface area contributed by atoms with E-state index < -0.39 is 11.7 Å². The van der Waals surface area contributed by atoms with Gasteiger partial charge in [-0.3, -0.25) is 0 Å². The van der Waals surface area contributed by atoms with Gasteiger partial charge < -0.3 is 14.4 Å². The van der Waals surface area contributed by atoms with Crippen LogP contribution >= 0.6 is 0 Å². The molecule has 1 aromatic heterocycles.